The SMILES string of the molecule is CC(N)c1ccc([C@@H](NC(=O)[C@@H]2C[C@@H](F)CN2C(=O)CCC(=O)N2CCCC2)c2ccccc2)cc1. The Bertz CT molecular complexity index is 1050. The van der Waals surface area contributed by atoms with E-state index >= 15 is 0 Å². The second-order valence-electron chi connectivity index (χ2n) is 9.79. The van der Waals surface area contributed by atoms with Crippen LogP contribution in [0.4, 0.5) is 4.39 Å². The van der Waals surface area contributed by atoms with Crippen molar-refractivity contribution in [3.63, 3.8) is 0 Å². The minimum atomic E-state index is -1.28. The lowest BCUT2D eigenvalue weighted by Gasteiger charge is -2.27. The Morgan fingerprint density at radius 2 is 1.53 bits per heavy atom. The minimum absolute atomic E-state index is 0.0211. The summed E-state index contributed by atoms with van der Waals surface area (Å²) in [5, 5.41) is 3.05. The summed E-state index contributed by atoms with van der Waals surface area (Å²) in [6.45, 7) is 3.22. The lowest BCUT2D eigenvalue weighted by molar-refractivity contribution is -0.140. The van der Waals surface area contributed by atoms with Gasteiger partial charge in [0.15, 0.2) is 0 Å². The molecule has 0 aromatic heterocycles. The summed E-state index contributed by atoms with van der Waals surface area (Å²) in [7, 11) is 0. The fraction of sp³-hybridized carbons (Fsp3) is 0.464. The molecule has 2 aliphatic heterocycles. The Kier molecular flexibility index (Phi) is 8.36. The van der Waals surface area contributed by atoms with E-state index in [0.717, 1.165) is 42.6 Å². The van der Waals surface area contributed by atoms with Gasteiger partial charge in [0.1, 0.15) is 12.2 Å². The molecule has 0 saturated carbocycles. The summed E-state index contributed by atoms with van der Waals surface area (Å²) in [4.78, 5) is 41.8. The van der Waals surface area contributed by atoms with Crippen molar-refractivity contribution in [1.29, 1.82) is 0 Å². The van der Waals surface area contributed by atoms with Crippen LogP contribution in [0.1, 0.15) is 67.8 Å². The minimum Gasteiger partial charge on any atom is -0.343 e. The summed E-state index contributed by atoms with van der Waals surface area (Å²) in [5.41, 5.74) is 8.70. The van der Waals surface area contributed by atoms with Crippen molar-refractivity contribution >= 4 is 17.7 Å². The second kappa shape index (κ2) is 11.6. The molecule has 8 heteroatoms. The van der Waals surface area contributed by atoms with Crippen molar-refractivity contribution in [2.24, 2.45) is 5.73 Å². The van der Waals surface area contributed by atoms with Gasteiger partial charge in [0.2, 0.25) is 17.7 Å². The van der Waals surface area contributed by atoms with Crippen molar-refractivity contribution in [1.82, 2.24) is 15.1 Å². The molecule has 3 N–H and O–H groups in total. The molecule has 2 saturated heterocycles. The van der Waals surface area contributed by atoms with Gasteiger partial charge >= 0.3 is 0 Å². The van der Waals surface area contributed by atoms with Crippen LogP contribution in [0.3, 0.4) is 0 Å². The Balaban J connectivity index is 1.47. The zero-order chi connectivity index (χ0) is 25.7. The summed E-state index contributed by atoms with van der Waals surface area (Å²) in [5.74, 6) is -0.822. The molecule has 1 unspecified atom stereocenters. The van der Waals surface area contributed by atoms with Crippen molar-refractivity contribution in [2.45, 2.75) is 63.3 Å². The predicted octanol–water partition coefficient (Wildman–Crippen LogP) is 3.25. The first-order valence-electron chi connectivity index (χ1n) is 12.8. The van der Waals surface area contributed by atoms with Gasteiger partial charge in [-0.25, -0.2) is 4.39 Å². The Labute approximate surface area is 211 Å². The van der Waals surface area contributed by atoms with Crippen molar-refractivity contribution in [3.8, 4) is 0 Å². The summed E-state index contributed by atoms with van der Waals surface area (Å²) in [6.07, 6.45) is 0.691. The van der Waals surface area contributed by atoms with Gasteiger partial charge in [-0.3, -0.25) is 14.4 Å². The van der Waals surface area contributed by atoms with Crippen LogP contribution in [0.2, 0.25) is 0 Å². The number of amides is 3. The van der Waals surface area contributed by atoms with Crippen LogP contribution in [0.15, 0.2) is 54.6 Å². The van der Waals surface area contributed by atoms with Crippen molar-refractivity contribution < 1.29 is 18.8 Å². The number of alkyl halides is 1. The molecule has 2 heterocycles. The number of hydrogen-bond acceptors (Lipinski definition) is 4. The van der Waals surface area contributed by atoms with E-state index in [0.29, 0.717) is 0 Å². The van der Waals surface area contributed by atoms with Gasteiger partial charge in [-0.2, -0.15) is 0 Å². The molecular weight excluding hydrogens is 459 g/mol. The molecule has 36 heavy (non-hydrogen) atoms. The van der Waals surface area contributed by atoms with E-state index in [4.69, 9.17) is 5.73 Å². The topological polar surface area (TPSA) is 95.7 Å². The highest BCUT2D eigenvalue weighted by atomic mass is 19.1. The highest BCUT2D eigenvalue weighted by molar-refractivity contribution is 5.90. The number of nitrogens with zero attached hydrogens (tertiary/aromatic N) is 2. The molecular formula is C28H35FN4O3. The molecule has 2 aromatic carbocycles. The lowest BCUT2D eigenvalue weighted by Crippen LogP contribution is -2.47. The molecule has 2 aromatic rings. The normalized spacial score (nSPS) is 21.3. The highest BCUT2D eigenvalue weighted by Crippen LogP contribution is 2.27. The quantitative estimate of drug-likeness (QED) is 0.589. The maximum atomic E-state index is 14.4. The van der Waals surface area contributed by atoms with Crippen LogP contribution in [0.5, 0.6) is 0 Å². The van der Waals surface area contributed by atoms with Gasteiger partial charge in [-0.1, -0.05) is 54.6 Å². The van der Waals surface area contributed by atoms with E-state index in [1.165, 1.54) is 4.90 Å². The van der Waals surface area contributed by atoms with Crippen LogP contribution >= 0.6 is 0 Å². The van der Waals surface area contributed by atoms with Crippen molar-refractivity contribution in [3.05, 3.63) is 71.3 Å². The fourth-order valence-corrected chi connectivity index (χ4v) is 5.03. The monoisotopic (exact) mass is 494 g/mol. The van der Waals surface area contributed by atoms with Gasteiger partial charge in [0, 0.05) is 38.4 Å². The van der Waals surface area contributed by atoms with Crippen LogP contribution in [0.25, 0.3) is 0 Å². The van der Waals surface area contributed by atoms with E-state index in [2.05, 4.69) is 5.32 Å². The average Bonchev–Trinajstić information content (AvgIpc) is 3.56. The lowest BCUT2D eigenvalue weighted by atomic mass is 9.96. The maximum absolute atomic E-state index is 14.4. The molecule has 0 aliphatic carbocycles. The highest BCUT2D eigenvalue weighted by Gasteiger charge is 2.40. The molecule has 0 radical (unpaired) electrons. The van der Waals surface area contributed by atoms with Crippen LogP contribution in [-0.2, 0) is 14.4 Å². The number of nitrogens with two attached hydrogens (primary N) is 1. The van der Waals surface area contributed by atoms with E-state index < -0.39 is 24.2 Å². The standard InChI is InChI=1S/C28H35FN4O3/c1-19(30)20-9-11-22(12-10-20)27(21-7-3-2-4-8-21)31-28(36)24-17-23(29)18-33(24)26(35)14-13-25(34)32-15-5-6-16-32/h2-4,7-12,19,23-24,27H,5-6,13-18,30H2,1H3,(H,31,36)/t19?,23-,24+,27+/m1/s1. The third-order valence-electron chi connectivity index (χ3n) is 7.10. The van der Waals surface area contributed by atoms with Crippen LogP contribution in [0, 0.1) is 0 Å². The number of likely N-dealkylation sites (tertiary alicyclic amines) is 2. The van der Waals surface area contributed by atoms with Crippen LogP contribution in [-0.4, -0.2) is 59.4 Å². The molecule has 2 fully saturated rings. The summed E-state index contributed by atoms with van der Waals surface area (Å²) >= 11 is 0. The first-order chi connectivity index (χ1) is 17.3. The Morgan fingerprint density at radius 1 is 0.944 bits per heavy atom. The second-order valence-corrected chi connectivity index (χ2v) is 9.79. The van der Waals surface area contributed by atoms with E-state index in [-0.39, 0.29) is 43.7 Å². The van der Waals surface area contributed by atoms with E-state index in [1.54, 1.807) is 4.90 Å². The summed E-state index contributed by atoms with van der Waals surface area (Å²) < 4.78 is 14.4. The molecule has 7 nitrogen and oxygen atoms in total. The zero-order valence-corrected chi connectivity index (χ0v) is 20.7. The maximum Gasteiger partial charge on any atom is 0.243 e. The molecule has 4 atom stereocenters. The fourth-order valence-electron chi connectivity index (χ4n) is 5.03. The molecule has 4 rings (SSSR count). The number of nitrogens with one attached hydrogen (secondary N) is 1. The number of hydrogen-bond donors (Lipinski definition) is 2. The molecule has 0 spiro atoms. The van der Waals surface area contributed by atoms with Gasteiger partial charge < -0.3 is 20.9 Å². The average molecular weight is 495 g/mol. The molecule has 192 valence electrons. The van der Waals surface area contributed by atoms with E-state index in [9.17, 15) is 18.8 Å². The van der Waals surface area contributed by atoms with Crippen molar-refractivity contribution in [2.75, 3.05) is 19.6 Å². The number of halogens is 1. The number of benzene rings is 2. The third-order valence-corrected chi connectivity index (χ3v) is 7.10. The first-order valence-corrected chi connectivity index (χ1v) is 12.8. The van der Waals surface area contributed by atoms with E-state index in [1.807, 2.05) is 61.5 Å². The number of rotatable bonds is 8. The summed E-state index contributed by atoms with van der Waals surface area (Å²) in [6, 6.07) is 15.8. The third kappa shape index (κ3) is 6.10. The molecule has 3 amide bonds. The molecule has 2 aliphatic rings. The number of carbonyl (C=O) groups is 3. The largest absolute Gasteiger partial charge is 0.343 e. The Morgan fingerprint density at radius 3 is 2.17 bits per heavy atom. The van der Waals surface area contributed by atoms with Crippen LogP contribution < -0.4 is 11.1 Å². The van der Waals surface area contributed by atoms with Gasteiger partial charge in [-0.15, -0.1) is 0 Å². The Hall–Kier alpha value is -3.26. The smallest absolute Gasteiger partial charge is 0.243 e. The predicted molar refractivity (Wildman–Crippen MR) is 136 cm³/mol. The zero-order valence-electron chi connectivity index (χ0n) is 20.7. The van der Waals surface area contributed by atoms with Gasteiger partial charge in [0.25, 0.3) is 0 Å². The van der Waals surface area contributed by atoms with Gasteiger partial charge in [0.05, 0.1) is 12.6 Å². The molecule has 0 bridgehead atoms. The first kappa shape index (κ1) is 25.8. The number of carbonyl (C=O) groups excluding carboxylic acids is 3. The van der Waals surface area contributed by atoms with Gasteiger partial charge in [-0.05, 0) is 36.5 Å².